The molecule has 3 rings (SSSR count). The van der Waals surface area contributed by atoms with Crippen molar-refractivity contribution in [2.75, 3.05) is 40.6 Å². The molecule has 0 bridgehead atoms. The first-order valence-electron chi connectivity index (χ1n) is 11.2. The van der Waals surface area contributed by atoms with Crippen LogP contribution in [0.4, 0.5) is 0 Å². The molecule has 0 radical (unpaired) electrons. The molecule has 1 aromatic carbocycles. The van der Waals surface area contributed by atoms with Crippen molar-refractivity contribution in [1.29, 1.82) is 0 Å². The molecular formula is C22H32N2O9S. The van der Waals surface area contributed by atoms with Gasteiger partial charge in [-0.2, -0.15) is 0 Å². The number of amides is 2. The molecule has 190 valence electrons. The van der Waals surface area contributed by atoms with Crippen molar-refractivity contribution in [3.8, 4) is 5.75 Å². The van der Waals surface area contributed by atoms with E-state index in [1.807, 2.05) is 0 Å². The van der Waals surface area contributed by atoms with Crippen LogP contribution in [-0.2, 0) is 38.6 Å². The van der Waals surface area contributed by atoms with Crippen LogP contribution >= 0.6 is 0 Å². The molecule has 1 aromatic rings. The molecule has 0 aliphatic carbocycles. The van der Waals surface area contributed by atoms with Gasteiger partial charge < -0.3 is 14.2 Å². The summed E-state index contributed by atoms with van der Waals surface area (Å²) < 4.78 is 41.8. The third kappa shape index (κ3) is 6.05. The van der Waals surface area contributed by atoms with Gasteiger partial charge in [-0.05, 0) is 49.9 Å². The molecule has 1 unspecified atom stereocenters. The van der Waals surface area contributed by atoms with Gasteiger partial charge in [-0.25, -0.2) is 23.8 Å². The monoisotopic (exact) mass is 500 g/mol. The molecule has 0 spiro atoms. The highest BCUT2D eigenvalue weighted by Gasteiger charge is 2.52. The van der Waals surface area contributed by atoms with Crippen LogP contribution in [0, 0.1) is 0 Å². The Morgan fingerprint density at radius 1 is 1.15 bits per heavy atom. The Kier molecular flexibility index (Phi) is 9.25. The molecule has 0 aromatic heterocycles. The van der Waals surface area contributed by atoms with Crippen LogP contribution in [-0.4, -0.2) is 76.9 Å². The van der Waals surface area contributed by atoms with E-state index in [0.717, 1.165) is 17.9 Å². The highest BCUT2D eigenvalue weighted by Crippen LogP contribution is 2.36. The lowest BCUT2D eigenvalue weighted by atomic mass is 9.98. The fourth-order valence-corrected chi connectivity index (χ4v) is 5.73. The van der Waals surface area contributed by atoms with Gasteiger partial charge in [0, 0.05) is 33.3 Å². The van der Waals surface area contributed by atoms with E-state index in [0.29, 0.717) is 18.8 Å². The molecule has 2 aliphatic rings. The Balaban J connectivity index is 1.68. The maximum atomic E-state index is 13.6. The summed E-state index contributed by atoms with van der Waals surface area (Å²) >= 11 is 0. The van der Waals surface area contributed by atoms with Crippen molar-refractivity contribution < 1.29 is 41.9 Å². The van der Waals surface area contributed by atoms with Crippen molar-refractivity contribution in [2.45, 2.75) is 54.5 Å². The predicted molar refractivity (Wildman–Crippen MR) is 119 cm³/mol. The smallest absolute Gasteiger partial charge is 0.265 e. The molecular weight excluding hydrogens is 468 g/mol. The fourth-order valence-electron chi connectivity index (χ4n) is 3.79. The third-order valence-electron chi connectivity index (χ3n) is 5.99. The van der Waals surface area contributed by atoms with Gasteiger partial charge in [0.15, 0.2) is 20.9 Å². The Morgan fingerprint density at radius 2 is 1.85 bits per heavy atom. The molecule has 2 amide bonds. The molecule has 12 heteroatoms. The topological polar surface area (TPSA) is 130 Å². The highest BCUT2D eigenvalue weighted by atomic mass is 32.2. The van der Waals surface area contributed by atoms with Gasteiger partial charge in [-0.1, -0.05) is 0 Å². The number of hydrogen-bond acceptors (Lipinski definition) is 9. The normalized spacial score (nSPS) is 20.4. The number of ether oxygens (including phenoxy) is 3. The molecule has 2 saturated heterocycles. The number of carbonyl (C=O) groups is 2. The van der Waals surface area contributed by atoms with Crippen LogP contribution < -0.4 is 10.2 Å². The van der Waals surface area contributed by atoms with Crippen molar-refractivity contribution in [1.82, 2.24) is 10.5 Å². The molecule has 2 fully saturated rings. The van der Waals surface area contributed by atoms with Gasteiger partial charge in [0.25, 0.3) is 5.91 Å². The van der Waals surface area contributed by atoms with Gasteiger partial charge >= 0.3 is 0 Å². The zero-order chi connectivity index (χ0) is 24.6. The minimum Gasteiger partial charge on any atom is -0.493 e. The van der Waals surface area contributed by atoms with E-state index in [1.165, 1.54) is 38.4 Å². The standard InChI is InChI=1S/C22H32N2O9S/c1-24(29-2)19(25)10-14-31-17-6-8-18(9-7-17)34(27,28)22(11-15-30-16-12-22)21(26)23-33-20-5-3-4-13-32-20/h6-9,20H,3-5,10-16H2,1-2H3,(H,23,26). The summed E-state index contributed by atoms with van der Waals surface area (Å²) in [5.74, 6) is -0.587. The first-order chi connectivity index (χ1) is 16.3. The summed E-state index contributed by atoms with van der Waals surface area (Å²) in [6, 6.07) is 5.77. The third-order valence-corrected chi connectivity index (χ3v) is 8.51. The van der Waals surface area contributed by atoms with Crippen molar-refractivity contribution in [3.05, 3.63) is 24.3 Å². The van der Waals surface area contributed by atoms with E-state index in [2.05, 4.69) is 5.48 Å². The van der Waals surface area contributed by atoms with Crippen LogP contribution in [0.2, 0.25) is 0 Å². The number of nitrogens with zero attached hydrogens (tertiary/aromatic N) is 1. The number of sulfone groups is 1. The van der Waals surface area contributed by atoms with Crippen LogP contribution in [0.3, 0.4) is 0 Å². The van der Waals surface area contributed by atoms with Gasteiger partial charge in [0.1, 0.15) is 5.75 Å². The minimum absolute atomic E-state index is 0.00340. The van der Waals surface area contributed by atoms with Gasteiger partial charge in [-0.3, -0.25) is 14.4 Å². The van der Waals surface area contributed by atoms with Crippen LogP contribution in [0.1, 0.15) is 38.5 Å². The van der Waals surface area contributed by atoms with Gasteiger partial charge in [0.2, 0.25) is 5.91 Å². The summed E-state index contributed by atoms with van der Waals surface area (Å²) in [6.07, 6.45) is 1.96. The van der Waals surface area contributed by atoms with E-state index >= 15 is 0 Å². The Hall–Kier alpha value is -2.25. The van der Waals surface area contributed by atoms with Crippen molar-refractivity contribution in [2.24, 2.45) is 0 Å². The lowest BCUT2D eigenvalue weighted by Crippen LogP contribution is -2.56. The number of rotatable bonds is 10. The Bertz CT molecular complexity index is 924. The molecule has 11 nitrogen and oxygen atoms in total. The maximum absolute atomic E-state index is 13.6. The first kappa shape index (κ1) is 26.4. The maximum Gasteiger partial charge on any atom is 0.265 e. The number of hydrogen-bond donors (Lipinski definition) is 1. The summed E-state index contributed by atoms with van der Waals surface area (Å²) in [5.41, 5.74) is 2.33. The van der Waals surface area contributed by atoms with E-state index in [9.17, 15) is 18.0 Å². The van der Waals surface area contributed by atoms with Gasteiger partial charge in [-0.15, -0.1) is 0 Å². The number of benzene rings is 1. The average molecular weight is 501 g/mol. The number of hydroxylamine groups is 3. The zero-order valence-electron chi connectivity index (χ0n) is 19.5. The van der Waals surface area contributed by atoms with Crippen molar-refractivity contribution in [3.63, 3.8) is 0 Å². The Labute approximate surface area is 199 Å². The van der Waals surface area contributed by atoms with Crippen LogP contribution in [0.15, 0.2) is 29.2 Å². The van der Waals surface area contributed by atoms with Crippen LogP contribution in [0.25, 0.3) is 0 Å². The van der Waals surface area contributed by atoms with E-state index in [-0.39, 0.29) is 49.9 Å². The zero-order valence-corrected chi connectivity index (χ0v) is 20.3. The van der Waals surface area contributed by atoms with Gasteiger partial charge in [0.05, 0.1) is 25.0 Å². The quantitative estimate of drug-likeness (QED) is 0.474. The van der Waals surface area contributed by atoms with Crippen LogP contribution in [0.5, 0.6) is 5.75 Å². The minimum atomic E-state index is -4.09. The number of carbonyl (C=O) groups excluding carboxylic acids is 2. The molecule has 2 aliphatic heterocycles. The fraction of sp³-hybridized carbons (Fsp3) is 0.636. The SMILES string of the molecule is CON(C)C(=O)CCOc1ccc(S(=O)(=O)C2(C(=O)NOC3CCCCO3)CCOCC2)cc1. The highest BCUT2D eigenvalue weighted by molar-refractivity contribution is 7.93. The molecule has 1 atom stereocenters. The Morgan fingerprint density at radius 3 is 2.47 bits per heavy atom. The largest absolute Gasteiger partial charge is 0.493 e. The van der Waals surface area contributed by atoms with E-state index in [4.69, 9.17) is 23.9 Å². The average Bonchev–Trinajstić information content (AvgIpc) is 2.87. The lowest BCUT2D eigenvalue weighted by molar-refractivity contribution is -0.202. The summed E-state index contributed by atoms with van der Waals surface area (Å²) in [7, 11) is -1.20. The lowest BCUT2D eigenvalue weighted by Gasteiger charge is -2.35. The molecule has 0 saturated carbocycles. The molecule has 34 heavy (non-hydrogen) atoms. The van der Waals surface area contributed by atoms with E-state index in [1.54, 1.807) is 0 Å². The first-order valence-corrected chi connectivity index (χ1v) is 12.7. The molecule has 2 heterocycles. The van der Waals surface area contributed by atoms with E-state index < -0.39 is 26.8 Å². The summed E-state index contributed by atoms with van der Waals surface area (Å²) in [4.78, 5) is 35.1. The predicted octanol–water partition coefficient (Wildman–Crippen LogP) is 1.37. The summed E-state index contributed by atoms with van der Waals surface area (Å²) in [5, 5.41) is 1.10. The second kappa shape index (κ2) is 11.9. The second-order valence-electron chi connectivity index (χ2n) is 8.10. The summed E-state index contributed by atoms with van der Waals surface area (Å²) in [6.45, 7) is 0.905. The van der Waals surface area contributed by atoms with Crippen molar-refractivity contribution >= 4 is 21.7 Å². The second-order valence-corrected chi connectivity index (χ2v) is 10.4. The number of nitrogens with one attached hydrogen (secondary N) is 1. The molecule has 1 N–H and O–H groups in total.